The number of amides is 1. The van der Waals surface area contributed by atoms with Gasteiger partial charge >= 0.3 is 0 Å². The molecule has 0 aromatic heterocycles. The van der Waals surface area contributed by atoms with E-state index in [1.807, 2.05) is 43.3 Å². The van der Waals surface area contributed by atoms with Crippen LogP contribution in [0.2, 0.25) is 0 Å². The van der Waals surface area contributed by atoms with Crippen molar-refractivity contribution in [3.63, 3.8) is 0 Å². The number of hydrogen-bond donors (Lipinski definition) is 2. The molecule has 0 aliphatic heterocycles. The molecule has 0 bridgehead atoms. The topological polar surface area (TPSA) is 29.1 Å². The number of carbonyl (C=O) groups is 1. The fourth-order valence-corrected chi connectivity index (χ4v) is 2.50. The summed E-state index contributed by atoms with van der Waals surface area (Å²) in [6, 6.07) is 16.0. The Morgan fingerprint density at radius 1 is 1.19 bits per heavy atom. The number of nitrogens with one attached hydrogen (secondary N) is 1. The molecule has 0 spiro atoms. The van der Waals surface area contributed by atoms with Gasteiger partial charge in [0.2, 0.25) is 0 Å². The number of hydrogen-bond acceptors (Lipinski definition) is 2. The summed E-state index contributed by atoms with van der Waals surface area (Å²) in [4.78, 5) is 13.0. The maximum atomic E-state index is 12.2. The van der Waals surface area contributed by atoms with E-state index in [1.165, 1.54) is 5.56 Å². The van der Waals surface area contributed by atoms with Crippen molar-refractivity contribution in [2.75, 3.05) is 6.54 Å². The number of rotatable bonds is 5. The molecule has 1 N–H and O–H groups in total. The molecule has 1 unspecified atom stereocenters. The molecule has 21 heavy (non-hydrogen) atoms. The molecule has 0 radical (unpaired) electrons. The number of thiol groups is 1. The van der Waals surface area contributed by atoms with Gasteiger partial charge in [0.25, 0.3) is 5.91 Å². The minimum absolute atomic E-state index is 0.0244. The first-order valence-electron chi connectivity index (χ1n) is 7.20. The molecule has 0 aliphatic rings. The van der Waals surface area contributed by atoms with Crippen LogP contribution in [0.3, 0.4) is 0 Å². The average Bonchev–Trinajstić information content (AvgIpc) is 2.50. The van der Waals surface area contributed by atoms with E-state index in [0.29, 0.717) is 18.0 Å². The predicted molar refractivity (Wildman–Crippen MR) is 90.2 cm³/mol. The van der Waals surface area contributed by atoms with Gasteiger partial charge < -0.3 is 5.32 Å². The molecule has 0 aliphatic carbocycles. The maximum Gasteiger partial charge on any atom is 0.251 e. The molecular weight excluding hydrogens is 278 g/mol. The largest absolute Gasteiger partial charge is 0.352 e. The van der Waals surface area contributed by atoms with Gasteiger partial charge in [-0.3, -0.25) is 4.79 Å². The van der Waals surface area contributed by atoms with E-state index in [1.54, 1.807) is 0 Å². The normalized spacial score (nSPS) is 12.0. The zero-order chi connectivity index (χ0) is 15.2. The summed E-state index contributed by atoms with van der Waals surface area (Å²) in [5, 5.41) is 2.99. The highest BCUT2D eigenvalue weighted by molar-refractivity contribution is 7.80. The van der Waals surface area contributed by atoms with Crippen LogP contribution in [0.4, 0.5) is 0 Å². The van der Waals surface area contributed by atoms with Gasteiger partial charge in [0.15, 0.2) is 0 Å². The molecule has 1 atom stereocenters. The Hall–Kier alpha value is -1.74. The summed E-state index contributed by atoms with van der Waals surface area (Å²) < 4.78 is 0. The molecular formula is C18H21NOS. The highest BCUT2D eigenvalue weighted by Crippen LogP contribution is 2.18. The lowest BCUT2D eigenvalue weighted by molar-refractivity contribution is 0.0952. The van der Waals surface area contributed by atoms with Crippen molar-refractivity contribution in [3.8, 4) is 0 Å². The van der Waals surface area contributed by atoms with E-state index in [4.69, 9.17) is 0 Å². The molecule has 0 saturated carbocycles. The second-order valence-corrected chi connectivity index (χ2v) is 5.87. The molecule has 1 amide bonds. The van der Waals surface area contributed by atoms with Crippen LogP contribution >= 0.6 is 12.6 Å². The van der Waals surface area contributed by atoms with Crippen LogP contribution in [-0.2, 0) is 0 Å². The third-order valence-corrected chi connectivity index (χ3v) is 3.98. The molecule has 3 heteroatoms. The van der Waals surface area contributed by atoms with Gasteiger partial charge in [-0.15, -0.1) is 12.6 Å². The first-order chi connectivity index (χ1) is 10.1. The molecule has 0 heterocycles. The van der Waals surface area contributed by atoms with E-state index in [-0.39, 0.29) is 5.91 Å². The number of aryl methyl sites for hydroxylation is 1. The van der Waals surface area contributed by atoms with Crippen molar-refractivity contribution in [1.29, 1.82) is 0 Å². The third kappa shape index (κ3) is 4.36. The lowest BCUT2D eigenvalue weighted by Crippen LogP contribution is -2.26. The van der Waals surface area contributed by atoms with E-state index >= 15 is 0 Å². The zero-order valence-electron chi connectivity index (χ0n) is 12.5. The fourth-order valence-electron chi connectivity index (χ4n) is 2.30. The van der Waals surface area contributed by atoms with Crippen molar-refractivity contribution in [2.24, 2.45) is 0 Å². The third-order valence-electron chi connectivity index (χ3n) is 3.70. The van der Waals surface area contributed by atoms with Crippen LogP contribution in [0.25, 0.3) is 0 Å². The molecule has 110 valence electrons. The Balaban J connectivity index is 1.88. The highest BCUT2D eigenvalue weighted by atomic mass is 32.1. The second kappa shape index (κ2) is 7.32. The molecule has 2 aromatic rings. The minimum atomic E-state index is -0.0244. The maximum absolute atomic E-state index is 12.2. The Bertz CT molecular complexity index is 610. The van der Waals surface area contributed by atoms with Crippen molar-refractivity contribution in [3.05, 3.63) is 65.2 Å². The van der Waals surface area contributed by atoms with Gasteiger partial charge in [0, 0.05) is 17.0 Å². The van der Waals surface area contributed by atoms with Gasteiger partial charge in [-0.05, 0) is 42.5 Å². The summed E-state index contributed by atoms with van der Waals surface area (Å²) in [5.74, 6) is 0.410. The summed E-state index contributed by atoms with van der Waals surface area (Å²) in [6.07, 6.45) is 0.926. The summed E-state index contributed by atoms with van der Waals surface area (Å²) in [6.45, 7) is 4.79. The lowest BCUT2D eigenvalue weighted by Gasteiger charge is -2.13. The first kappa shape index (κ1) is 15.6. The van der Waals surface area contributed by atoms with Gasteiger partial charge in [0.1, 0.15) is 0 Å². The van der Waals surface area contributed by atoms with Gasteiger partial charge in [-0.25, -0.2) is 0 Å². The molecule has 0 saturated heterocycles. The van der Waals surface area contributed by atoms with Crippen molar-refractivity contribution in [2.45, 2.75) is 31.1 Å². The van der Waals surface area contributed by atoms with Crippen molar-refractivity contribution < 1.29 is 4.79 Å². The summed E-state index contributed by atoms with van der Waals surface area (Å²) in [7, 11) is 0. The Morgan fingerprint density at radius 2 is 1.90 bits per heavy atom. The van der Waals surface area contributed by atoms with Crippen LogP contribution in [0.5, 0.6) is 0 Å². The number of benzene rings is 2. The van der Waals surface area contributed by atoms with E-state index in [2.05, 4.69) is 37.0 Å². The first-order valence-corrected chi connectivity index (χ1v) is 7.65. The van der Waals surface area contributed by atoms with E-state index in [0.717, 1.165) is 16.9 Å². The van der Waals surface area contributed by atoms with Crippen LogP contribution in [0, 0.1) is 6.92 Å². The van der Waals surface area contributed by atoms with Crippen LogP contribution < -0.4 is 5.32 Å². The quantitative estimate of drug-likeness (QED) is 0.796. The van der Waals surface area contributed by atoms with Gasteiger partial charge in [-0.1, -0.05) is 43.3 Å². The smallest absolute Gasteiger partial charge is 0.251 e. The fraction of sp³-hybridized carbons (Fsp3) is 0.278. The Kier molecular flexibility index (Phi) is 5.45. The summed E-state index contributed by atoms with van der Waals surface area (Å²) >= 11 is 4.29. The zero-order valence-corrected chi connectivity index (χ0v) is 13.4. The number of carbonyl (C=O) groups excluding carboxylic acids is 1. The van der Waals surface area contributed by atoms with Crippen molar-refractivity contribution >= 4 is 18.5 Å². The van der Waals surface area contributed by atoms with Crippen LogP contribution in [-0.4, -0.2) is 12.5 Å². The monoisotopic (exact) mass is 299 g/mol. The van der Waals surface area contributed by atoms with Gasteiger partial charge in [0.05, 0.1) is 0 Å². The molecule has 2 rings (SSSR count). The van der Waals surface area contributed by atoms with E-state index < -0.39 is 0 Å². The van der Waals surface area contributed by atoms with Gasteiger partial charge in [-0.2, -0.15) is 0 Å². The summed E-state index contributed by atoms with van der Waals surface area (Å²) in [5.41, 5.74) is 2.98. The lowest BCUT2D eigenvalue weighted by atomic mass is 9.98. The Labute approximate surface area is 132 Å². The SMILES string of the molecule is Cc1ccc(S)cc1C(=O)NCCC(C)c1ccccc1. The Morgan fingerprint density at radius 3 is 2.62 bits per heavy atom. The minimum Gasteiger partial charge on any atom is -0.352 e. The van der Waals surface area contributed by atoms with Crippen LogP contribution in [0.15, 0.2) is 53.4 Å². The second-order valence-electron chi connectivity index (χ2n) is 5.36. The molecule has 2 nitrogen and oxygen atoms in total. The van der Waals surface area contributed by atoms with Crippen molar-refractivity contribution in [1.82, 2.24) is 5.32 Å². The average molecular weight is 299 g/mol. The molecule has 0 fully saturated rings. The van der Waals surface area contributed by atoms with Crippen LogP contribution in [0.1, 0.15) is 40.7 Å². The van der Waals surface area contributed by atoms with E-state index in [9.17, 15) is 4.79 Å². The standard InChI is InChI=1S/C18H21NOS/c1-13(15-6-4-3-5-7-15)10-11-19-18(20)17-12-16(21)9-8-14(17)2/h3-9,12-13,21H,10-11H2,1-2H3,(H,19,20). The molecule has 2 aromatic carbocycles. The predicted octanol–water partition coefficient (Wildman–Crippen LogP) is 4.21. The highest BCUT2D eigenvalue weighted by Gasteiger charge is 2.10.